The largest absolute Gasteiger partial charge is 0.389 e. The van der Waals surface area contributed by atoms with Crippen molar-refractivity contribution in [3.05, 3.63) is 0 Å². The van der Waals surface area contributed by atoms with Crippen molar-refractivity contribution in [1.82, 2.24) is 5.32 Å². The topological polar surface area (TPSA) is 50.7 Å². The minimum absolute atomic E-state index is 0.368. The third kappa shape index (κ3) is 3.13. The number of aliphatic hydroxyl groups is 1. The molecule has 1 spiro atoms. The maximum absolute atomic E-state index is 10.3. The average Bonchev–Trinajstić information content (AvgIpc) is 2.28. The van der Waals surface area contributed by atoms with Gasteiger partial charge in [-0.15, -0.1) is 0 Å². The summed E-state index contributed by atoms with van der Waals surface area (Å²) in [6.45, 7) is 6.01. The summed E-state index contributed by atoms with van der Waals surface area (Å²) in [5.41, 5.74) is -0.314. The fraction of sp³-hybridized carbons (Fsp3) is 1.00. The molecule has 0 aromatic carbocycles. The van der Waals surface area contributed by atoms with E-state index < -0.39 is 5.60 Å². The third-order valence-corrected chi connectivity index (χ3v) is 5.01. The molecule has 112 valence electrons. The summed E-state index contributed by atoms with van der Waals surface area (Å²) in [4.78, 5) is 0. The van der Waals surface area contributed by atoms with E-state index in [4.69, 9.17) is 9.47 Å². The van der Waals surface area contributed by atoms with Crippen LogP contribution in [0.15, 0.2) is 0 Å². The third-order valence-electron chi connectivity index (χ3n) is 5.01. The molecule has 0 aromatic heterocycles. The van der Waals surface area contributed by atoms with Crippen LogP contribution >= 0.6 is 0 Å². The quantitative estimate of drug-likeness (QED) is 0.705. The Kier molecular flexibility index (Phi) is 4.88. The number of hydrogen-bond acceptors (Lipinski definition) is 4. The molecule has 2 fully saturated rings. The van der Waals surface area contributed by atoms with Gasteiger partial charge in [0.15, 0.2) is 0 Å². The predicted octanol–water partition coefficient (Wildman–Crippen LogP) is 1.71. The lowest BCUT2D eigenvalue weighted by atomic mass is 9.51. The van der Waals surface area contributed by atoms with E-state index in [1.165, 1.54) is 19.3 Å². The standard InChI is InChI=1S/C15H29NO3/c1-4-19-13-10-12(15(13)6-5-7-15)16-11-14(2,17)8-9-18-3/h12-13,16-17H,4-11H2,1-3H3. The molecule has 2 aliphatic rings. The van der Waals surface area contributed by atoms with Crippen LogP contribution in [0.5, 0.6) is 0 Å². The Hall–Kier alpha value is -0.160. The molecule has 0 aliphatic heterocycles. The molecule has 0 saturated heterocycles. The molecular formula is C15H29NO3. The fourth-order valence-corrected chi connectivity index (χ4v) is 3.48. The van der Waals surface area contributed by atoms with E-state index in [2.05, 4.69) is 12.2 Å². The van der Waals surface area contributed by atoms with Crippen LogP contribution in [-0.2, 0) is 9.47 Å². The summed E-state index contributed by atoms with van der Waals surface area (Å²) in [5, 5.41) is 13.8. The molecule has 4 heteroatoms. The highest BCUT2D eigenvalue weighted by Crippen LogP contribution is 2.57. The molecule has 2 N–H and O–H groups in total. The van der Waals surface area contributed by atoms with Crippen molar-refractivity contribution in [1.29, 1.82) is 0 Å². The average molecular weight is 271 g/mol. The summed E-state index contributed by atoms with van der Waals surface area (Å²) in [6.07, 6.45) is 6.07. The van der Waals surface area contributed by atoms with Crippen LogP contribution in [0.25, 0.3) is 0 Å². The lowest BCUT2D eigenvalue weighted by Gasteiger charge is -2.61. The van der Waals surface area contributed by atoms with Gasteiger partial charge in [0.25, 0.3) is 0 Å². The molecule has 19 heavy (non-hydrogen) atoms. The first-order valence-electron chi connectivity index (χ1n) is 7.60. The van der Waals surface area contributed by atoms with E-state index >= 15 is 0 Å². The minimum Gasteiger partial charge on any atom is -0.389 e. The summed E-state index contributed by atoms with van der Waals surface area (Å²) in [5.74, 6) is 0. The van der Waals surface area contributed by atoms with E-state index in [1.807, 2.05) is 6.92 Å². The Morgan fingerprint density at radius 1 is 1.42 bits per heavy atom. The van der Waals surface area contributed by atoms with Gasteiger partial charge in [-0.3, -0.25) is 0 Å². The molecule has 0 aromatic rings. The smallest absolute Gasteiger partial charge is 0.0765 e. The molecule has 0 amide bonds. The van der Waals surface area contributed by atoms with Gasteiger partial charge in [0, 0.05) is 44.7 Å². The molecule has 0 radical (unpaired) electrons. The van der Waals surface area contributed by atoms with Crippen LogP contribution < -0.4 is 5.32 Å². The van der Waals surface area contributed by atoms with Gasteiger partial charge in [-0.1, -0.05) is 6.42 Å². The van der Waals surface area contributed by atoms with Gasteiger partial charge in [0.2, 0.25) is 0 Å². The monoisotopic (exact) mass is 271 g/mol. The van der Waals surface area contributed by atoms with Crippen molar-refractivity contribution in [3.8, 4) is 0 Å². The van der Waals surface area contributed by atoms with Crippen molar-refractivity contribution in [2.24, 2.45) is 5.41 Å². The maximum Gasteiger partial charge on any atom is 0.0765 e. The van der Waals surface area contributed by atoms with Crippen LogP contribution in [0.2, 0.25) is 0 Å². The van der Waals surface area contributed by atoms with Crippen molar-refractivity contribution >= 4 is 0 Å². The Labute approximate surface area is 116 Å². The van der Waals surface area contributed by atoms with Gasteiger partial charge in [0.05, 0.1) is 11.7 Å². The lowest BCUT2D eigenvalue weighted by molar-refractivity contribution is -0.175. The van der Waals surface area contributed by atoms with Crippen molar-refractivity contribution in [2.75, 3.05) is 26.9 Å². The zero-order valence-corrected chi connectivity index (χ0v) is 12.6. The van der Waals surface area contributed by atoms with Crippen LogP contribution in [0.3, 0.4) is 0 Å². The van der Waals surface area contributed by atoms with Gasteiger partial charge in [-0.05, 0) is 33.1 Å². The maximum atomic E-state index is 10.3. The normalized spacial score (nSPS) is 31.6. The summed E-state index contributed by atoms with van der Waals surface area (Å²) in [6, 6.07) is 0.520. The van der Waals surface area contributed by atoms with Crippen LogP contribution in [0.4, 0.5) is 0 Å². The molecule has 2 rings (SSSR count). The molecule has 0 heterocycles. The van der Waals surface area contributed by atoms with Crippen LogP contribution in [0.1, 0.15) is 46.0 Å². The number of rotatable bonds is 8. The number of nitrogens with one attached hydrogen (secondary N) is 1. The van der Waals surface area contributed by atoms with Gasteiger partial charge in [-0.2, -0.15) is 0 Å². The van der Waals surface area contributed by atoms with Gasteiger partial charge in [-0.25, -0.2) is 0 Å². The Morgan fingerprint density at radius 3 is 2.68 bits per heavy atom. The van der Waals surface area contributed by atoms with Gasteiger partial charge in [0.1, 0.15) is 0 Å². The van der Waals surface area contributed by atoms with Crippen molar-refractivity contribution in [2.45, 2.75) is 63.7 Å². The first-order valence-corrected chi connectivity index (χ1v) is 7.60. The Bertz CT molecular complexity index is 289. The molecule has 3 unspecified atom stereocenters. The number of hydrogen-bond donors (Lipinski definition) is 2. The highest BCUT2D eigenvalue weighted by molar-refractivity contribution is 5.12. The second-order valence-electron chi connectivity index (χ2n) is 6.44. The zero-order chi connectivity index (χ0) is 13.9. The van der Waals surface area contributed by atoms with E-state index in [0.29, 0.717) is 37.1 Å². The summed E-state index contributed by atoms with van der Waals surface area (Å²) < 4.78 is 10.9. The van der Waals surface area contributed by atoms with E-state index in [1.54, 1.807) is 7.11 Å². The van der Waals surface area contributed by atoms with Gasteiger partial charge >= 0.3 is 0 Å². The first kappa shape index (κ1) is 15.2. The summed E-state index contributed by atoms with van der Waals surface area (Å²) in [7, 11) is 1.67. The second kappa shape index (κ2) is 6.08. The highest BCUT2D eigenvalue weighted by Gasteiger charge is 2.58. The molecule has 3 atom stereocenters. The highest BCUT2D eigenvalue weighted by atomic mass is 16.5. The van der Waals surface area contributed by atoms with E-state index in [-0.39, 0.29) is 0 Å². The molecular weight excluding hydrogens is 242 g/mol. The van der Waals surface area contributed by atoms with E-state index in [9.17, 15) is 5.11 Å². The zero-order valence-electron chi connectivity index (χ0n) is 12.6. The molecule has 4 nitrogen and oxygen atoms in total. The SMILES string of the molecule is CCOC1CC(NCC(C)(O)CCOC)C12CCC2. The first-order chi connectivity index (χ1) is 9.04. The Balaban J connectivity index is 1.78. The number of ether oxygens (including phenoxy) is 2. The molecule has 2 aliphatic carbocycles. The fourth-order valence-electron chi connectivity index (χ4n) is 3.48. The van der Waals surface area contributed by atoms with E-state index in [0.717, 1.165) is 13.0 Å². The van der Waals surface area contributed by atoms with Crippen LogP contribution in [-0.4, -0.2) is 49.7 Å². The second-order valence-corrected chi connectivity index (χ2v) is 6.44. The molecule has 0 bridgehead atoms. The minimum atomic E-state index is -0.683. The summed E-state index contributed by atoms with van der Waals surface area (Å²) >= 11 is 0. The van der Waals surface area contributed by atoms with Crippen LogP contribution in [0, 0.1) is 5.41 Å². The predicted molar refractivity (Wildman–Crippen MR) is 75.2 cm³/mol. The Morgan fingerprint density at radius 2 is 2.16 bits per heavy atom. The molecule has 2 saturated carbocycles. The van der Waals surface area contributed by atoms with Gasteiger partial charge < -0.3 is 19.9 Å². The number of methoxy groups -OCH3 is 1. The lowest BCUT2D eigenvalue weighted by Crippen LogP contribution is -2.68. The van der Waals surface area contributed by atoms with Crippen molar-refractivity contribution < 1.29 is 14.6 Å². The van der Waals surface area contributed by atoms with Crippen molar-refractivity contribution in [3.63, 3.8) is 0 Å².